The van der Waals surface area contributed by atoms with E-state index in [0.717, 1.165) is 18.9 Å². The topological polar surface area (TPSA) is 78.8 Å². The second-order valence-corrected chi connectivity index (χ2v) is 7.07. The number of carbonyl (C=O) groups excluding carboxylic acids is 1. The Bertz CT molecular complexity index is 572. The zero-order valence-corrected chi connectivity index (χ0v) is 14.4. The molecule has 2 aliphatic heterocycles. The van der Waals surface area contributed by atoms with Gasteiger partial charge in [-0.2, -0.15) is 0 Å². The van der Waals surface area contributed by atoms with Gasteiger partial charge in [-0.15, -0.1) is 0 Å². The van der Waals surface area contributed by atoms with Gasteiger partial charge in [0.15, 0.2) is 0 Å². The lowest BCUT2D eigenvalue weighted by molar-refractivity contribution is -0.0257. The molecule has 0 spiro atoms. The molecule has 0 bridgehead atoms. The Kier molecular flexibility index (Phi) is 5.12. The highest BCUT2D eigenvalue weighted by Gasteiger charge is 2.40. The summed E-state index contributed by atoms with van der Waals surface area (Å²) in [6.45, 7) is 8.62. The van der Waals surface area contributed by atoms with E-state index in [0.29, 0.717) is 44.8 Å². The summed E-state index contributed by atoms with van der Waals surface area (Å²) in [7, 11) is 0. The number of aliphatic hydroxyl groups is 1. The third kappa shape index (κ3) is 3.91. The van der Waals surface area contributed by atoms with E-state index < -0.39 is 5.60 Å². The van der Waals surface area contributed by atoms with Crippen molar-refractivity contribution in [3.8, 4) is 0 Å². The Morgan fingerprint density at radius 3 is 2.58 bits per heavy atom. The van der Waals surface area contributed by atoms with E-state index >= 15 is 0 Å². The number of likely N-dealkylation sites (tertiary alicyclic amines) is 1. The highest BCUT2D eigenvalue weighted by Crippen LogP contribution is 2.24. The maximum absolute atomic E-state index is 12.6. The lowest BCUT2D eigenvalue weighted by Gasteiger charge is -2.33. The zero-order chi connectivity index (χ0) is 17.2. The smallest absolute Gasteiger partial charge is 0.257 e. The quantitative estimate of drug-likeness (QED) is 0.864. The monoisotopic (exact) mass is 334 g/mol. The molecule has 7 heteroatoms. The van der Waals surface area contributed by atoms with Gasteiger partial charge in [-0.3, -0.25) is 9.69 Å². The van der Waals surface area contributed by atoms with Crippen molar-refractivity contribution in [2.75, 3.05) is 45.9 Å². The molecule has 1 unspecified atom stereocenters. The average Bonchev–Trinajstić information content (AvgIpc) is 2.97. The first kappa shape index (κ1) is 17.3. The molecule has 1 aromatic rings. The van der Waals surface area contributed by atoms with Gasteiger partial charge in [0.2, 0.25) is 0 Å². The highest BCUT2D eigenvalue weighted by atomic mass is 16.5. The Morgan fingerprint density at radius 1 is 1.29 bits per heavy atom. The van der Waals surface area contributed by atoms with Crippen LogP contribution in [0, 0.1) is 0 Å². The molecule has 0 saturated carbocycles. The number of β-amino-alcohol motifs (C(OH)–C–C–N with tert-alkyl or cyclic N) is 1. The van der Waals surface area contributed by atoms with Crippen molar-refractivity contribution >= 4 is 5.91 Å². The van der Waals surface area contributed by atoms with Gasteiger partial charge in [0, 0.05) is 44.5 Å². The van der Waals surface area contributed by atoms with E-state index in [4.69, 9.17) is 4.74 Å². The van der Waals surface area contributed by atoms with Crippen LogP contribution < -0.4 is 0 Å². The number of rotatable bonds is 4. The summed E-state index contributed by atoms with van der Waals surface area (Å²) in [5.41, 5.74) is -0.360. The molecular weight excluding hydrogens is 308 g/mol. The number of hydrogen-bond acceptors (Lipinski definition) is 6. The molecule has 24 heavy (non-hydrogen) atoms. The van der Waals surface area contributed by atoms with E-state index in [1.807, 2.05) is 13.8 Å². The molecule has 3 heterocycles. The van der Waals surface area contributed by atoms with Crippen LogP contribution in [0.1, 0.15) is 42.4 Å². The fourth-order valence-corrected chi connectivity index (χ4v) is 3.26. The Hall–Kier alpha value is -1.57. The van der Waals surface area contributed by atoms with E-state index in [9.17, 15) is 9.90 Å². The van der Waals surface area contributed by atoms with Crippen molar-refractivity contribution < 1.29 is 14.6 Å². The SMILES string of the molecule is CC(C)c1ncc(C(=O)N2CCC(O)(CN3CCOCC3)C2)cn1. The van der Waals surface area contributed by atoms with Crippen molar-refractivity contribution in [3.63, 3.8) is 0 Å². The van der Waals surface area contributed by atoms with Crippen LogP contribution in [0.3, 0.4) is 0 Å². The molecule has 3 rings (SSSR count). The maximum Gasteiger partial charge on any atom is 0.257 e. The van der Waals surface area contributed by atoms with Crippen molar-refractivity contribution in [3.05, 3.63) is 23.8 Å². The number of carbonyl (C=O) groups is 1. The Labute approximate surface area is 142 Å². The predicted molar refractivity (Wildman–Crippen MR) is 88.9 cm³/mol. The molecule has 1 amide bonds. The largest absolute Gasteiger partial charge is 0.387 e. The summed E-state index contributed by atoms with van der Waals surface area (Å²) in [5, 5.41) is 10.8. The van der Waals surface area contributed by atoms with Gasteiger partial charge >= 0.3 is 0 Å². The molecule has 1 atom stereocenters. The number of amides is 1. The molecule has 132 valence electrons. The fourth-order valence-electron chi connectivity index (χ4n) is 3.26. The van der Waals surface area contributed by atoms with Gasteiger partial charge in [0.25, 0.3) is 5.91 Å². The van der Waals surface area contributed by atoms with Crippen molar-refractivity contribution in [2.24, 2.45) is 0 Å². The fraction of sp³-hybridized carbons (Fsp3) is 0.706. The van der Waals surface area contributed by atoms with Crippen molar-refractivity contribution in [2.45, 2.75) is 31.8 Å². The first-order valence-electron chi connectivity index (χ1n) is 8.60. The van der Waals surface area contributed by atoms with E-state index in [2.05, 4.69) is 14.9 Å². The molecular formula is C17H26N4O3. The first-order valence-corrected chi connectivity index (χ1v) is 8.60. The van der Waals surface area contributed by atoms with Gasteiger partial charge in [-0.05, 0) is 6.42 Å². The number of hydrogen-bond donors (Lipinski definition) is 1. The second-order valence-electron chi connectivity index (χ2n) is 7.07. The van der Waals surface area contributed by atoms with Gasteiger partial charge in [0.1, 0.15) is 5.82 Å². The molecule has 2 saturated heterocycles. The minimum Gasteiger partial charge on any atom is -0.387 e. The average molecular weight is 334 g/mol. The van der Waals surface area contributed by atoms with Crippen LogP contribution in [-0.4, -0.2) is 82.3 Å². The standard InChI is InChI=1S/C17H26N4O3/c1-13(2)15-18-9-14(10-19-15)16(22)21-4-3-17(23,12-21)11-20-5-7-24-8-6-20/h9-10,13,23H,3-8,11-12H2,1-2H3. The number of nitrogens with zero attached hydrogens (tertiary/aromatic N) is 4. The lowest BCUT2D eigenvalue weighted by Crippen LogP contribution is -2.49. The van der Waals surface area contributed by atoms with Crippen LogP contribution in [-0.2, 0) is 4.74 Å². The summed E-state index contributed by atoms with van der Waals surface area (Å²) in [4.78, 5) is 25.0. The molecule has 0 radical (unpaired) electrons. The number of aromatic nitrogens is 2. The molecule has 7 nitrogen and oxygen atoms in total. The van der Waals surface area contributed by atoms with Gasteiger partial charge in [-0.25, -0.2) is 9.97 Å². The van der Waals surface area contributed by atoms with Crippen LogP contribution in [0.25, 0.3) is 0 Å². The maximum atomic E-state index is 12.6. The molecule has 1 aromatic heterocycles. The van der Waals surface area contributed by atoms with Crippen molar-refractivity contribution in [1.82, 2.24) is 19.8 Å². The molecule has 0 aliphatic carbocycles. The Balaban J connectivity index is 1.60. The summed E-state index contributed by atoms with van der Waals surface area (Å²) < 4.78 is 5.34. The third-order valence-corrected chi connectivity index (χ3v) is 4.68. The van der Waals surface area contributed by atoms with Gasteiger partial charge in [-0.1, -0.05) is 13.8 Å². The third-order valence-electron chi connectivity index (χ3n) is 4.68. The highest BCUT2D eigenvalue weighted by molar-refractivity contribution is 5.93. The minimum atomic E-state index is -0.842. The lowest BCUT2D eigenvalue weighted by atomic mass is 10.0. The predicted octanol–water partition coefficient (Wildman–Crippen LogP) is 0.509. The summed E-state index contributed by atoms with van der Waals surface area (Å²) in [6, 6.07) is 0. The van der Waals surface area contributed by atoms with E-state index in [1.165, 1.54) is 0 Å². The van der Waals surface area contributed by atoms with Gasteiger partial charge in [0.05, 0.1) is 30.9 Å². The molecule has 0 aromatic carbocycles. The van der Waals surface area contributed by atoms with Crippen LogP contribution in [0.2, 0.25) is 0 Å². The number of ether oxygens (including phenoxy) is 1. The van der Waals surface area contributed by atoms with Crippen LogP contribution in [0.5, 0.6) is 0 Å². The summed E-state index contributed by atoms with van der Waals surface area (Å²) in [5.74, 6) is 0.861. The minimum absolute atomic E-state index is 0.108. The van der Waals surface area contributed by atoms with Crippen molar-refractivity contribution in [1.29, 1.82) is 0 Å². The van der Waals surface area contributed by atoms with Crippen LogP contribution >= 0.6 is 0 Å². The summed E-state index contributed by atoms with van der Waals surface area (Å²) in [6.07, 6.45) is 3.77. The number of morpholine rings is 1. The normalized spacial score (nSPS) is 25.4. The van der Waals surface area contributed by atoms with Crippen LogP contribution in [0.15, 0.2) is 12.4 Å². The second kappa shape index (κ2) is 7.13. The first-order chi connectivity index (χ1) is 11.5. The van der Waals surface area contributed by atoms with Crippen LogP contribution in [0.4, 0.5) is 0 Å². The van der Waals surface area contributed by atoms with E-state index in [-0.39, 0.29) is 11.8 Å². The molecule has 1 N–H and O–H groups in total. The molecule has 2 aliphatic rings. The van der Waals surface area contributed by atoms with Gasteiger partial charge < -0.3 is 14.7 Å². The summed E-state index contributed by atoms with van der Waals surface area (Å²) >= 11 is 0. The Morgan fingerprint density at radius 2 is 1.96 bits per heavy atom. The van der Waals surface area contributed by atoms with E-state index in [1.54, 1.807) is 17.3 Å². The molecule has 2 fully saturated rings. The zero-order valence-electron chi connectivity index (χ0n) is 14.4.